The second-order valence-corrected chi connectivity index (χ2v) is 4.24. The molecule has 2 aromatic rings. The summed E-state index contributed by atoms with van der Waals surface area (Å²) in [5, 5.41) is 5.70. The van der Waals surface area contributed by atoms with Gasteiger partial charge in [0.1, 0.15) is 11.5 Å². The molecule has 0 bridgehead atoms. The minimum Gasteiger partial charge on any atom is -0.372 e. The maximum atomic E-state index is 12.1. The lowest BCUT2D eigenvalue weighted by Crippen LogP contribution is -2.15. The first-order chi connectivity index (χ1) is 9.11. The van der Waals surface area contributed by atoms with Crippen LogP contribution < -0.4 is 10.6 Å². The number of carbonyl (C=O) groups excluding carboxylic acids is 1. The Labute approximate surface area is 112 Å². The number of carbonyl (C=O) groups is 1. The number of anilines is 2. The standard InChI is InChI=1S/C14H16N4O/c1-9-5-4-6-11(10(9)2)18-14(19)12-7-16-8-13(15-3)17-12/h4-8H,1-3H3,(H,15,17)(H,18,19). The molecule has 0 radical (unpaired) electrons. The number of hydrogen-bond donors (Lipinski definition) is 2. The summed E-state index contributed by atoms with van der Waals surface area (Å²) in [5.74, 6) is 0.298. The van der Waals surface area contributed by atoms with Crippen molar-refractivity contribution in [2.24, 2.45) is 0 Å². The van der Waals surface area contributed by atoms with E-state index in [4.69, 9.17) is 0 Å². The zero-order chi connectivity index (χ0) is 13.8. The molecule has 0 spiro atoms. The van der Waals surface area contributed by atoms with Crippen LogP contribution in [0.3, 0.4) is 0 Å². The molecule has 0 unspecified atom stereocenters. The number of nitrogens with zero attached hydrogens (tertiary/aromatic N) is 2. The molecule has 19 heavy (non-hydrogen) atoms. The van der Waals surface area contributed by atoms with Gasteiger partial charge < -0.3 is 10.6 Å². The molecule has 1 aromatic heterocycles. The minimum atomic E-state index is -0.265. The fourth-order valence-electron chi connectivity index (χ4n) is 1.67. The Kier molecular flexibility index (Phi) is 3.75. The van der Waals surface area contributed by atoms with Crippen LogP contribution in [0.1, 0.15) is 21.6 Å². The van der Waals surface area contributed by atoms with E-state index in [1.165, 1.54) is 6.20 Å². The number of nitrogens with one attached hydrogen (secondary N) is 2. The summed E-state index contributed by atoms with van der Waals surface area (Å²) in [5.41, 5.74) is 3.26. The summed E-state index contributed by atoms with van der Waals surface area (Å²) in [6, 6.07) is 5.79. The van der Waals surface area contributed by atoms with Gasteiger partial charge in [-0.05, 0) is 31.0 Å². The molecule has 0 aliphatic rings. The summed E-state index contributed by atoms with van der Waals surface area (Å²) in [7, 11) is 1.73. The number of aryl methyl sites for hydroxylation is 1. The molecule has 2 rings (SSSR count). The van der Waals surface area contributed by atoms with Crippen LogP contribution in [-0.4, -0.2) is 22.9 Å². The van der Waals surface area contributed by atoms with Crippen LogP contribution in [0.2, 0.25) is 0 Å². The van der Waals surface area contributed by atoms with E-state index in [-0.39, 0.29) is 11.6 Å². The number of benzene rings is 1. The van der Waals surface area contributed by atoms with Gasteiger partial charge in [0.25, 0.3) is 5.91 Å². The van der Waals surface area contributed by atoms with Crippen LogP contribution in [0.25, 0.3) is 0 Å². The Morgan fingerprint density at radius 2 is 2.00 bits per heavy atom. The normalized spacial score (nSPS) is 10.1. The summed E-state index contributed by atoms with van der Waals surface area (Å²) >= 11 is 0. The summed E-state index contributed by atoms with van der Waals surface area (Å²) < 4.78 is 0. The van der Waals surface area contributed by atoms with Crippen molar-refractivity contribution in [1.82, 2.24) is 9.97 Å². The fourth-order valence-corrected chi connectivity index (χ4v) is 1.67. The van der Waals surface area contributed by atoms with E-state index in [2.05, 4.69) is 20.6 Å². The first-order valence-corrected chi connectivity index (χ1v) is 5.99. The van der Waals surface area contributed by atoms with Gasteiger partial charge in [-0.25, -0.2) is 4.98 Å². The Morgan fingerprint density at radius 1 is 1.21 bits per heavy atom. The van der Waals surface area contributed by atoms with Crippen LogP contribution >= 0.6 is 0 Å². The second kappa shape index (κ2) is 5.48. The average molecular weight is 256 g/mol. The Hall–Kier alpha value is -2.43. The quantitative estimate of drug-likeness (QED) is 0.884. The van der Waals surface area contributed by atoms with Gasteiger partial charge in [-0.3, -0.25) is 9.78 Å². The summed E-state index contributed by atoms with van der Waals surface area (Å²) in [6.07, 6.45) is 3.01. The number of amides is 1. The topological polar surface area (TPSA) is 66.9 Å². The molecule has 1 heterocycles. The van der Waals surface area contributed by atoms with Crippen molar-refractivity contribution in [2.75, 3.05) is 17.7 Å². The zero-order valence-electron chi connectivity index (χ0n) is 11.2. The van der Waals surface area contributed by atoms with Crippen molar-refractivity contribution in [3.63, 3.8) is 0 Å². The maximum absolute atomic E-state index is 12.1. The van der Waals surface area contributed by atoms with Gasteiger partial charge in [0, 0.05) is 12.7 Å². The third-order valence-corrected chi connectivity index (χ3v) is 2.98. The van der Waals surface area contributed by atoms with E-state index in [9.17, 15) is 4.79 Å². The highest BCUT2D eigenvalue weighted by Gasteiger charge is 2.10. The zero-order valence-corrected chi connectivity index (χ0v) is 11.2. The van der Waals surface area contributed by atoms with E-state index >= 15 is 0 Å². The van der Waals surface area contributed by atoms with Crippen molar-refractivity contribution in [3.8, 4) is 0 Å². The van der Waals surface area contributed by atoms with Gasteiger partial charge >= 0.3 is 0 Å². The van der Waals surface area contributed by atoms with Crippen LogP contribution in [-0.2, 0) is 0 Å². The Bertz CT molecular complexity index is 610. The molecule has 2 N–H and O–H groups in total. The van der Waals surface area contributed by atoms with E-state index in [1.54, 1.807) is 13.2 Å². The van der Waals surface area contributed by atoms with E-state index in [0.717, 1.165) is 16.8 Å². The van der Waals surface area contributed by atoms with Gasteiger partial charge in [0.15, 0.2) is 0 Å². The molecule has 0 saturated carbocycles. The number of hydrogen-bond acceptors (Lipinski definition) is 4. The third-order valence-electron chi connectivity index (χ3n) is 2.98. The van der Waals surface area contributed by atoms with Crippen LogP contribution in [0.4, 0.5) is 11.5 Å². The van der Waals surface area contributed by atoms with Crippen LogP contribution in [0.15, 0.2) is 30.6 Å². The average Bonchev–Trinajstić information content (AvgIpc) is 2.44. The highest BCUT2D eigenvalue weighted by molar-refractivity contribution is 6.03. The molecule has 1 aromatic carbocycles. The highest BCUT2D eigenvalue weighted by Crippen LogP contribution is 2.18. The van der Waals surface area contributed by atoms with E-state index in [1.807, 2.05) is 32.0 Å². The summed E-state index contributed by atoms with van der Waals surface area (Å²) in [6.45, 7) is 3.98. The molecule has 5 heteroatoms. The van der Waals surface area contributed by atoms with Crippen molar-refractivity contribution in [1.29, 1.82) is 0 Å². The lowest BCUT2D eigenvalue weighted by Gasteiger charge is -2.10. The number of aromatic nitrogens is 2. The Morgan fingerprint density at radius 3 is 2.74 bits per heavy atom. The van der Waals surface area contributed by atoms with Gasteiger partial charge in [-0.15, -0.1) is 0 Å². The largest absolute Gasteiger partial charge is 0.372 e. The van der Waals surface area contributed by atoms with Gasteiger partial charge in [0.05, 0.1) is 12.4 Å². The van der Waals surface area contributed by atoms with Gasteiger partial charge in [-0.1, -0.05) is 12.1 Å². The summed E-state index contributed by atoms with van der Waals surface area (Å²) in [4.78, 5) is 20.2. The molecular formula is C14H16N4O. The lowest BCUT2D eigenvalue weighted by atomic mass is 10.1. The maximum Gasteiger partial charge on any atom is 0.275 e. The van der Waals surface area contributed by atoms with E-state index in [0.29, 0.717) is 5.82 Å². The lowest BCUT2D eigenvalue weighted by molar-refractivity contribution is 0.102. The molecule has 0 aliphatic carbocycles. The molecule has 5 nitrogen and oxygen atoms in total. The van der Waals surface area contributed by atoms with Crippen molar-refractivity contribution in [3.05, 3.63) is 47.4 Å². The smallest absolute Gasteiger partial charge is 0.275 e. The van der Waals surface area contributed by atoms with Crippen LogP contribution in [0.5, 0.6) is 0 Å². The molecular weight excluding hydrogens is 240 g/mol. The molecule has 0 fully saturated rings. The predicted octanol–water partition coefficient (Wildman–Crippen LogP) is 2.39. The van der Waals surface area contributed by atoms with Crippen LogP contribution in [0, 0.1) is 13.8 Å². The monoisotopic (exact) mass is 256 g/mol. The Balaban J connectivity index is 2.23. The molecule has 0 saturated heterocycles. The SMILES string of the molecule is CNc1cncc(C(=O)Nc2cccc(C)c2C)n1. The second-order valence-electron chi connectivity index (χ2n) is 4.24. The minimum absolute atomic E-state index is 0.265. The fraction of sp³-hybridized carbons (Fsp3) is 0.214. The third kappa shape index (κ3) is 2.88. The van der Waals surface area contributed by atoms with Gasteiger partial charge in [0.2, 0.25) is 0 Å². The molecule has 98 valence electrons. The molecule has 0 aliphatic heterocycles. The molecule has 0 atom stereocenters. The predicted molar refractivity (Wildman–Crippen MR) is 75.4 cm³/mol. The van der Waals surface area contributed by atoms with Crippen molar-refractivity contribution >= 4 is 17.4 Å². The first kappa shape index (κ1) is 13.0. The van der Waals surface area contributed by atoms with Crippen molar-refractivity contribution in [2.45, 2.75) is 13.8 Å². The molecule has 1 amide bonds. The van der Waals surface area contributed by atoms with Crippen molar-refractivity contribution < 1.29 is 4.79 Å². The number of rotatable bonds is 3. The van der Waals surface area contributed by atoms with E-state index < -0.39 is 0 Å². The first-order valence-electron chi connectivity index (χ1n) is 5.99. The highest BCUT2D eigenvalue weighted by atomic mass is 16.1. The van der Waals surface area contributed by atoms with Gasteiger partial charge in [-0.2, -0.15) is 0 Å².